The molecule has 1 unspecified atom stereocenters. The zero-order valence-electron chi connectivity index (χ0n) is 15.7. The molecule has 29 heavy (non-hydrogen) atoms. The zero-order chi connectivity index (χ0) is 21.5. The van der Waals surface area contributed by atoms with E-state index in [1.165, 1.54) is 0 Å². The molecule has 0 heterocycles. The van der Waals surface area contributed by atoms with E-state index in [1.54, 1.807) is 60.7 Å². The van der Waals surface area contributed by atoms with Crippen molar-refractivity contribution in [2.24, 2.45) is 0 Å². The van der Waals surface area contributed by atoms with Gasteiger partial charge in [-0.25, -0.2) is 4.39 Å². The first kappa shape index (κ1) is 23.5. The van der Waals surface area contributed by atoms with Crippen molar-refractivity contribution in [3.63, 3.8) is 0 Å². The summed E-state index contributed by atoms with van der Waals surface area (Å²) < 4.78 is 85.0. The summed E-state index contributed by atoms with van der Waals surface area (Å²) in [5, 5.41) is 1.21. The molecule has 0 aliphatic carbocycles. The molecule has 160 valence electrons. The first-order chi connectivity index (χ1) is 13.6. The third kappa shape index (κ3) is 5.44. The van der Waals surface area contributed by atoms with Gasteiger partial charge in [0.05, 0.1) is 13.2 Å². The van der Waals surface area contributed by atoms with Crippen LogP contribution in [0.1, 0.15) is 19.8 Å². The van der Waals surface area contributed by atoms with Crippen LogP contribution in [-0.4, -0.2) is 41.3 Å². The van der Waals surface area contributed by atoms with Gasteiger partial charge in [0.1, 0.15) is 5.79 Å². The minimum Gasteiger partial charge on any atom is -0.403 e. The van der Waals surface area contributed by atoms with Crippen LogP contribution in [0, 0.1) is 0 Å². The molecule has 0 fully saturated rings. The second kappa shape index (κ2) is 9.83. The van der Waals surface area contributed by atoms with Gasteiger partial charge in [-0.15, -0.1) is 0 Å². The summed E-state index contributed by atoms with van der Waals surface area (Å²) in [7, 11) is -9.27. The molecule has 0 saturated heterocycles. The highest BCUT2D eigenvalue weighted by molar-refractivity contribution is 7.87. The van der Waals surface area contributed by atoms with E-state index in [0.29, 0.717) is 16.8 Å². The molecule has 2 aromatic rings. The van der Waals surface area contributed by atoms with Crippen molar-refractivity contribution >= 4 is 28.8 Å². The third-order valence-corrected chi connectivity index (χ3v) is 9.58. The van der Waals surface area contributed by atoms with Gasteiger partial charge < -0.3 is 4.43 Å². The minimum absolute atomic E-state index is 0.192. The maximum atomic E-state index is 15.5. The molecule has 2 rings (SSSR count). The smallest absolute Gasteiger partial charge is 0.403 e. The summed E-state index contributed by atoms with van der Waals surface area (Å²) in [6, 6.07) is 17.3. The summed E-state index contributed by atoms with van der Waals surface area (Å²) in [5.74, 6) is -1.39. The Kier molecular flexibility index (Phi) is 7.98. The van der Waals surface area contributed by atoms with Gasteiger partial charge in [0.25, 0.3) is 8.32 Å². The fourth-order valence-corrected chi connectivity index (χ4v) is 7.49. The van der Waals surface area contributed by atoms with E-state index in [4.69, 9.17) is 4.43 Å². The van der Waals surface area contributed by atoms with Crippen molar-refractivity contribution < 1.29 is 34.6 Å². The van der Waals surface area contributed by atoms with Gasteiger partial charge in [-0.05, 0) is 16.8 Å². The van der Waals surface area contributed by atoms with Crippen LogP contribution >= 0.6 is 0 Å². The second-order valence-electron chi connectivity index (χ2n) is 6.29. The van der Waals surface area contributed by atoms with Crippen LogP contribution in [0.5, 0.6) is 0 Å². The van der Waals surface area contributed by atoms with Gasteiger partial charge in [0, 0.05) is 0 Å². The fourth-order valence-electron chi connectivity index (χ4n) is 3.03. The lowest BCUT2D eigenvalue weighted by Gasteiger charge is -2.35. The first-order valence-electron chi connectivity index (χ1n) is 9.00. The molecule has 0 aliphatic heterocycles. The molecule has 0 radical (unpaired) electrons. The molecule has 1 atom stereocenters. The Labute approximate surface area is 168 Å². The molecule has 4 nitrogen and oxygen atoms in total. The monoisotopic (exact) mass is 450 g/mol. The van der Waals surface area contributed by atoms with Crippen LogP contribution in [0.15, 0.2) is 60.7 Å². The standard InChI is InChI=1S/C19H22F4O4SSi/c1-2-9-18(20)29(16-10-5-3-6-11-16,17-12-7-4-8-13-17)27-15-14-26-28(24,25)19(21,22)23/h3-8,10-13,18H,2,9,14-15H2,1H3. The van der Waals surface area contributed by atoms with Crippen LogP contribution < -0.4 is 10.4 Å². The number of rotatable bonds is 10. The molecule has 0 amide bonds. The summed E-state index contributed by atoms with van der Waals surface area (Å²) in [5.41, 5.74) is -5.52. The number of halogens is 4. The zero-order valence-corrected chi connectivity index (χ0v) is 17.5. The largest absolute Gasteiger partial charge is 0.523 e. The molecule has 0 bridgehead atoms. The Balaban J connectivity index is 2.36. The topological polar surface area (TPSA) is 52.6 Å². The van der Waals surface area contributed by atoms with E-state index in [0.717, 1.165) is 0 Å². The summed E-state index contributed by atoms with van der Waals surface area (Å²) >= 11 is 0. The van der Waals surface area contributed by atoms with Crippen molar-refractivity contribution in [2.45, 2.75) is 31.1 Å². The third-order valence-electron chi connectivity index (χ3n) is 4.32. The van der Waals surface area contributed by atoms with E-state index in [2.05, 4.69) is 4.18 Å². The fraction of sp³-hybridized carbons (Fsp3) is 0.368. The lowest BCUT2D eigenvalue weighted by molar-refractivity contribution is -0.0547. The van der Waals surface area contributed by atoms with E-state index >= 15 is 4.39 Å². The molecule has 0 aliphatic rings. The molecule has 0 aromatic heterocycles. The van der Waals surface area contributed by atoms with Crippen molar-refractivity contribution in [3.05, 3.63) is 60.7 Å². The van der Waals surface area contributed by atoms with Crippen molar-refractivity contribution in [3.8, 4) is 0 Å². The first-order valence-corrected chi connectivity index (χ1v) is 12.4. The summed E-state index contributed by atoms with van der Waals surface area (Å²) in [6.07, 6.45) is 0.732. The van der Waals surface area contributed by atoms with Gasteiger partial charge in [-0.3, -0.25) is 4.18 Å². The highest BCUT2D eigenvalue weighted by atomic mass is 32.2. The SMILES string of the molecule is CCCC(F)[Si](OCCOS(=O)(=O)C(F)(F)F)(c1ccccc1)c1ccccc1. The Morgan fingerprint density at radius 1 is 0.931 bits per heavy atom. The van der Waals surface area contributed by atoms with Crippen molar-refractivity contribution in [1.82, 2.24) is 0 Å². The molecule has 10 heteroatoms. The van der Waals surface area contributed by atoms with Crippen molar-refractivity contribution in [1.29, 1.82) is 0 Å². The minimum atomic E-state index is -5.73. The molecule has 0 N–H and O–H groups in total. The molecular weight excluding hydrogens is 428 g/mol. The van der Waals surface area contributed by atoms with E-state index in [9.17, 15) is 21.6 Å². The maximum absolute atomic E-state index is 15.5. The van der Waals surface area contributed by atoms with Crippen LogP contribution in [0.2, 0.25) is 0 Å². The normalized spacial score (nSPS) is 14.0. The highest BCUT2D eigenvalue weighted by Crippen LogP contribution is 2.25. The Morgan fingerprint density at radius 3 is 1.83 bits per heavy atom. The van der Waals surface area contributed by atoms with Gasteiger partial charge >= 0.3 is 15.6 Å². The summed E-state index contributed by atoms with van der Waals surface area (Å²) in [6.45, 7) is 0.450. The number of hydrogen-bond donors (Lipinski definition) is 0. The predicted molar refractivity (Wildman–Crippen MR) is 105 cm³/mol. The lowest BCUT2D eigenvalue weighted by Crippen LogP contribution is -2.67. The maximum Gasteiger partial charge on any atom is 0.523 e. The number of hydrogen-bond acceptors (Lipinski definition) is 4. The van der Waals surface area contributed by atoms with Crippen LogP contribution in [0.25, 0.3) is 0 Å². The van der Waals surface area contributed by atoms with Crippen LogP contribution in [-0.2, 0) is 18.7 Å². The van der Waals surface area contributed by atoms with Gasteiger partial charge in [-0.1, -0.05) is 74.0 Å². The van der Waals surface area contributed by atoms with Gasteiger partial charge in [0.15, 0.2) is 0 Å². The average molecular weight is 451 g/mol. The average Bonchev–Trinajstić information content (AvgIpc) is 2.69. The van der Waals surface area contributed by atoms with Crippen LogP contribution in [0.4, 0.5) is 17.6 Å². The Morgan fingerprint density at radius 2 is 1.41 bits per heavy atom. The molecular formula is C19H22F4O4SSi. The predicted octanol–water partition coefficient (Wildman–Crippen LogP) is 3.31. The van der Waals surface area contributed by atoms with Gasteiger partial charge in [0.2, 0.25) is 0 Å². The Bertz CT molecular complexity index is 821. The number of benzene rings is 2. The second-order valence-corrected chi connectivity index (χ2v) is 11.4. The Hall–Kier alpha value is -1.75. The molecule has 0 saturated carbocycles. The van der Waals surface area contributed by atoms with Gasteiger partial charge in [-0.2, -0.15) is 21.6 Å². The molecule has 2 aromatic carbocycles. The van der Waals surface area contributed by atoms with Crippen LogP contribution in [0.3, 0.4) is 0 Å². The van der Waals surface area contributed by atoms with E-state index < -0.39 is 43.0 Å². The summed E-state index contributed by atoms with van der Waals surface area (Å²) in [4.78, 5) is 0. The lowest BCUT2D eigenvalue weighted by atomic mass is 10.3. The number of alkyl halides is 4. The quantitative estimate of drug-likeness (QED) is 0.183. The van der Waals surface area contributed by atoms with Crippen molar-refractivity contribution in [2.75, 3.05) is 13.2 Å². The van der Waals surface area contributed by atoms with E-state index in [-0.39, 0.29) is 6.42 Å². The molecule has 0 spiro atoms. The highest BCUT2D eigenvalue weighted by Gasteiger charge is 2.49. The van der Waals surface area contributed by atoms with E-state index in [1.807, 2.05) is 6.92 Å².